The normalized spacial score (nSPS) is 16.4. The van der Waals surface area contributed by atoms with Crippen molar-refractivity contribution in [3.05, 3.63) is 39.1 Å². The van der Waals surface area contributed by atoms with Gasteiger partial charge in [0.2, 0.25) is 10.0 Å². The Morgan fingerprint density at radius 2 is 1.68 bits per heavy atom. The second-order valence-electron chi connectivity index (χ2n) is 5.82. The molecule has 1 fully saturated rings. The lowest BCUT2D eigenvalue weighted by molar-refractivity contribution is 0.384. The lowest BCUT2D eigenvalue weighted by Crippen LogP contribution is -2.48. The summed E-state index contributed by atoms with van der Waals surface area (Å²) in [7, 11) is -2.06. The highest BCUT2D eigenvalue weighted by Crippen LogP contribution is 2.30. The fourth-order valence-corrected chi connectivity index (χ4v) is 5.32. The number of halogens is 3. The van der Waals surface area contributed by atoms with Gasteiger partial charge in [0, 0.05) is 38.9 Å². The number of nitrogens with zero attached hydrogens (tertiary/aromatic N) is 4. The van der Waals surface area contributed by atoms with Crippen LogP contribution in [0.25, 0.3) is 0 Å². The predicted octanol–water partition coefficient (Wildman–Crippen LogP) is 3.20. The molecule has 0 radical (unpaired) electrons. The number of piperazine rings is 1. The van der Waals surface area contributed by atoms with E-state index >= 15 is 0 Å². The highest BCUT2D eigenvalue weighted by atomic mass is 35.5. The van der Waals surface area contributed by atoms with Crippen molar-refractivity contribution in [2.24, 2.45) is 7.05 Å². The minimum Gasteiger partial charge on any atom is -0.369 e. The van der Waals surface area contributed by atoms with Crippen LogP contribution in [0.15, 0.2) is 23.1 Å². The lowest BCUT2D eigenvalue weighted by atomic mass is 10.2. The predicted molar refractivity (Wildman–Crippen MR) is 100 cm³/mol. The molecule has 10 heteroatoms. The van der Waals surface area contributed by atoms with E-state index in [1.807, 2.05) is 6.07 Å². The maximum Gasteiger partial charge on any atom is 0.248 e. The first-order chi connectivity index (χ1) is 11.7. The average molecular weight is 424 g/mol. The summed E-state index contributed by atoms with van der Waals surface area (Å²) in [6, 6.07) is 5.40. The topological polar surface area (TPSA) is 58.4 Å². The van der Waals surface area contributed by atoms with Gasteiger partial charge in [-0.05, 0) is 25.1 Å². The van der Waals surface area contributed by atoms with Gasteiger partial charge in [-0.25, -0.2) is 8.42 Å². The standard InChI is InChI=1S/C15H17Cl3N4O2S/c1-10-14(15(18)20(2)19-10)25(23,24)22-7-5-21(6-8-22)11-3-4-12(16)13(17)9-11/h3-4,9H,5-8H2,1-2H3. The minimum atomic E-state index is -3.68. The third kappa shape index (κ3) is 3.48. The molecule has 6 nitrogen and oxygen atoms in total. The van der Waals surface area contributed by atoms with Gasteiger partial charge >= 0.3 is 0 Å². The summed E-state index contributed by atoms with van der Waals surface area (Å²) in [6.45, 7) is 3.45. The van der Waals surface area contributed by atoms with Crippen LogP contribution in [-0.4, -0.2) is 48.7 Å². The van der Waals surface area contributed by atoms with Gasteiger partial charge in [-0.2, -0.15) is 9.40 Å². The quantitative estimate of drug-likeness (QED) is 0.761. The van der Waals surface area contributed by atoms with E-state index in [1.54, 1.807) is 26.1 Å². The van der Waals surface area contributed by atoms with Crippen LogP contribution in [0.5, 0.6) is 0 Å². The molecule has 3 rings (SSSR count). The van der Waals surface area contributed by atoms with Crippen molar-refractivity contribution in [1.29, 1.82) is 0 Å². The van der Waals surface area contributed by atoms with E-state index in [-0.39, 0.29) is 10.0 Å². The van der Waals surface area contributed by atoms with E-state index in [0.717, 1.165) is 5.69 Å². The maximum atomic E-state index is 12.9. The second kappa shape index (κ2) is 6.96. The molecule has 1 aliphatic rings. The molecular formula is C15H17Cl3N4O2S. The van der Waals surface area contributed by atoms with Gasteiger partial charge in [-0.15, -0.1) is 0 Å². The summed E-state index contributed by atoms with van der Waals surface area (Å²) in [5.74, 6) is 0. The molecule has 1 aromatic heterocycles. The van der Waals surface area contributed by atoms with Crippen molar-refractivity contribution in [1.82, 2.24) is 14.1 Å². The van der Waals surface area contributed by atoms with Crippen molar-refractivity contribution >= 4 is 50.5 Å². The summed E-state index contributed by atoms with van der Waals surface area (Å²) >= 11 is 18.1. The zero-order valence-corrected chi connectivity index (χ0v) is 16.8. The van der Waals surface area contributed by atoms with Crippen LogP contribution in [0.2, 0.25) is 15.2 Å². The maximum absolute atomic E-state index is 12.9. The molecule has 136 valence electrons. The number of hydrogen-bond acceptors (Lipinski definition) is 4. The fraction of sp³-hybridized carbons (Fsp3) is 0.400. The summed E-state index contributed by atoms with van der Waals surface area (Å²) in [6.07, 6.45) is 0. The van der Waals surface area contributed by atoms with Crippen LogP contribution >= 0.6 is 34.8 Å². The van der Waals surface area contributed by atoms with Gasteiger partial charge in [0.25, 0.3) is 0 Å². The molecular weight excluding hydrogens is 407 g/mol. The smallest absolute Gasteiger partial charge is 0.248 e. The van der Waals surface area contributed by atoms with Gasteiger partial charge in [-0.1, -0.05) is 34.8 Å². The van der Waals surface area contributed by atoms with Crippen LogP contribution in [0.3, 0.4) is 0 Å². The van der Waals surface area contributed by atoms with Crippen molar-refractivity contribution in [2.45, 2.75) is 11.8 Å². The third-order valence-electron chi connectivity index (χ3n) is 4.20. The van der Waals surface area contributed by atoms with Crippen LogP contribution < -0.4 is 4.90 Å². The Kier molecular flexibility index (Phi) is 5.23. The van der Waals surface area contributed by atoms with E-state index in [2.05, 4.69) is 10.00 Å². The number of rotatable bonds is 3. The zero-order chi connectivity index (χ0) is 18.4. The van der Waals surface area contributed by atoms with Crippen molar-refractivity contribution < 1.29 is 8.42 Å². The van der Waals surface area contributed by atoms with Crippen LogP contribution in [-0.2, 0) is 17.1 Å². The molecule has 1 aromatic carbocycles. The molecule has 2 aromatic rings. The van der Waals surface area contributed by atoms with Gasteiger partial charge in [-0.3, -0.25) is 4.68 Å². The third-order valence-corrected chi connectivity index (χ3v) is 7.54. The molecule has 1 aliphatic heterocycles. The molecule has 25 heavy (non-hydrogen) atoms. The molecule has 0 saturated carbocycles. The molecule has 0 amide bonds. The Bertz CT molecular complexity index is 906. The number of aromatic nitrogens is 2. The number of hydrogen-bond donors (Lipinski definition) is 0. The molecule has 0 unspecified atom stereocenters. The van der Waals surface area contributed by atoms with Gasteiger partial charge in [0.15, 0.2) is 0 Å². The molecule has 0 aliphatic carbocycles. The van der Waals surface area contributed by atoms with Crippen LogP contribution in [0, 0.1) is 6.92 Å². The largest absolute Gasteiger partial charge is 0.369 e. The SMILES string of the molecule is Cc1nn(C)c(Cl)c1S(=O)(=O)N1CCN(c2ccc(Cl)c(Cl)c2)CC1. The van der Waals surface area contributed by atoms with E-state index in [4.69, 9.17) is 34.8 Å². The van der Waals surface area contributed by atoms with E-state index in [1.165, 1.54) is 8.99 Å². The van der Waals surface area contributed by atoms with Gasteiger partial charge < -0.3 is 4.90 Å². The average Bonchev–Trinajstić information content (AvgIpc) is 2.83. The van der Waals surface area contributed by atoms with E-state index in [0.29, 0.717) is 41.9 Å². The van der Waals surface area contributed by atoms with Gasteiger partial charge in [0.1, 0.15) is 10.0 Å². The first-order valence-electron chi connectivity index (χ1n) is 7.61. The van der Waals surface area contributed by atoms with Crippen molar-refractivity contribution in [2.75, 3.05) is 31.1 Å². The summed E-state index contributed by atoms with van der Waals surface area (Å²) in [4.78, 5) is 2.16. The Hall–Kier alpha value is -0.990. The molecule has 0 atom stereocenters. The summed E-state index contributed by atoms with van der Waals surface area (Å²) in [5, 5.41) is 5.20. The summed E-state index contributed by atoms with van der Waals surface area (Å²) in [5.41, 5.74) is 1.32. The molecule has 0 spiro atoms. The molecule has 0 N–H and O–H groups in total. The Morgan fingerprint density at radius 3 is 2.20 bits per heavy atom. The lowest BCUT2D eigenvalue weighted by Gasteiger charge is -2.35. The summed E-state index contributed by atoms with van der Waals surface area (Å²) < 4.78 is 28.6. The highest BCUT2D eigenvalue weighted by molar-refractivity contribution is 7.89. The monoisotopic (exact) mass is 422 g/mol. The van der Waals surface area contributed by atoms with Crippen molar-refractivity contribution in [3.63, 3.8) is 0 Å². The highest BCUT2D eigenvalue weighted by Gasteiger charge is 2.33. The first kappa shape index (κ1) is 18.8. The fourth-order valence-electron chi connectivity index (χ4n) is 2.90. The Balaban J connectivity index is 1.78. The molecule has 0 bridgehead atoms. The number of anilines is 1. The zero-order valence-electron chi connectivity index (χ0n) is 13.7. The Morgan fingerprint density at radius 1 is 1.04 bits per heavy atom. The van der Waals surface area contributed by atoms with Crippen LogP contribution in [0.1, 0.15) is 5.69 Å². The number of aryl methyl sites for hydroxylation is 2. The molecule has 1 saturated heterocycles. The Labute approximate surface area is 161 Å². The molecule has 2 heterocycles. The number of benzene rings is 1. The van der Waals surface area contributed by atoms with Crippen molar-refractivity contribution in [3.8, 4) is 0 Å². The minimum absolute atomic E-state index is 0.0830. The van der Waals surface area contributed by atoms with E-state index < -0.39 is 10.0 Å². The second-order valence-corrected chi connectivity index (χ2v) is 8.87. The first-order valence-corrected chi connectivity index (χ1v) is 10.2. The number of sulfonamides is 1. The van der Waals surface area contributed by atoms with E-state index in [9.17, 15) is 8.42 Å². The van der Waals surface area contributed by atoms with Crippen LogP contribution in [0.4, 0.5) is 5.69 Å². The van der Waals surface area contributed by atoms with Gasteiger partial charge in [0.05, 0.1) is 15.7 Å².